The Kier molecular flexibility index (Phi) is 5.45. The van der Waals surface area contributed by atoms with E-state index in [9.17, 15) is 0 Å². The smallest absolute Gasteiger partial charge is 0.119 e. The normalized spacial score (nSPS) is 17.8. The fraction of sp³-hybridized carbons (Fsp3) is 0.571. The molecule has 1 heterocycles. The van der Waals surface area contributed by atoms with Crippen molar-refractivity contribution in [3.63, 3.8) is 0 Å². The maximum Gasteiger partial charge on any atom is 0.119 e. The molecule has 18 heavy (non-hydrogen) atoms. The quantitative estimate of drug-likeness (QED) is 0.803. The van der Waals surface area contributed by atoms with Crippen molar-refractivity contribution >= 4 is 0 Å². The minimum Gasteiger partial charge on any atom is -0.492 e. The van der Waals surface area contributed by atoms with Gasteiger partial charge in [0.25, 0.3) is 0 Å². The van der Waals surface area contributed by atoms with Gasteiger partial charge in [-0.2, -0.15) is 0 Å². The lowest BCUT2D eigenvalue weighted by Crippen LogP contribution is -2.48. The molecule has 2 rings (SSSR count). The Morgan fingerprint density at radius 3 is 2.17 bits per heavy atom. The molecule has 0 spiro atoms. The highest BCUT2D eigenvalue weighted by atomic mass is 16.5. The van der Waals surface area contributed by atoms with E-state index in [-0.39, 0.29) is 0 Å². The lowest BCUT2D eigenvalue weighted by molar-refractivity contribution is 0.119. The second-order valence-electron chi connectivity index (χ2n) is 4.63. The molecule has 1 aliphatic rings. The maximum atomic E-state index is 5.71. The second kappa shape index (κ2) is 7.36. The molecule has 0 amide bonds. The fourth-order valence-electron chi connectivity index (χ4n) is 2.23. The lowest BCUT2D eigenvalue weighted by atomic mass is 10.3. The molecule has 0 atom stereocenters. The van der Waals surface area contributed by atoms with E-state index in [1.165, 1.54) is 0 Å². The van der Waals surface area contributed by atoms with Crippen molar-refractivity contribution in [1.82, 2.24) is 9.80 Å². The van der Waals surface area contributed by atoms with Crippen molar-refractivity contribution in [3.05, 3.63) is 30.3 Å². The van der Waals surface area contributed by atoms with Gasteiger partial charge in [-0.1, -0.05) is 18.2 Å². The minimum absolute atomic E-state index is 0.761. The Labute approximate surface area is 109 Å². The van der Waals surface area contributed by atoms with E-state index in [2.05, 4.69) is 9.80 Å². The van der Waals surface area contributed by atoms with E-state index < -0.39 is 0 Å². The number of hydrogen-bond donors (Lipinski definition) is 1. The second-order valence-corrected chi connectivity index (χ2v) is 4.63. The SMILES string of the molecule is NCCN1CCN(CCOc2ccccc2)CC1. The van der Waals surface area contributed by atoms with Crippen molar-refractivity contribution in [2.45, 2.75) is 0 Å². The van der Waals surface area contributed by atoms with Gasteiger partial charge in [0.1, 0.15) is 12.4 Å². The summed E-state index contributed by atoms with van der Waals surface area (Å²) in [4.78, 5) is 4.88. The van der Waals surface area contributed by atoms with Crippen LogP contribution in [0.2, 0.25) is 0 Å². The number of nitrogens with two attached hydrogens (primary N) is 1. The monoisotopic (exact) mass is 249 g/mol. The molecule has 0 radical (unpaired) electrons. The topological polar surface area (TPSA) is 41.7 Å². The summed E-state index contributed by atoms with van der Waals surface area (Å²) in [5.41, 5.74) is 5.56. The van der Waals surface area contributed by atoms with E-state index in [4.69, 9.17) is 10.5 Å². The first-order valence-corrected chi connectivity index (χ1v) is 6.71. The summed E-state index contributed by atoms with van der Waals surface area (Å²) in [7, 11) is 0. The Hall–Kier alpha value is -1.10. The van der Waals surface area contributed by atoms with Crippen LogP contribution in [0.25, 0.3) is 0 Å². The van der Waals surface area contributed by atoms with Gasteiger partial charge in [0.05, 0.1) is 0 Å². The highest BCUT2D eigenvalue weighted by Gasteiger charge is 2.15. The van der Waals surface area contributed by atoms with Crippen LogP contribution in [0.4, 0.5) is 0 Å². The predicted octanol–water partition coefficient (Wildman–Crippen LogP) is 0.642. The first kappa shape index (κ1) is 13.3. The Morgan fingerprint density at radius 1 is 0.944 bits per heavy atom. The van der Waals surface area contributed by atoms with Crippen molar-refractivity contribution in [2.24, 2.45) is 5.73 Å². The molecular formula is C14H23N3O. The zero-order chi connectivity index (χ0) is 12.6. The average molecular weight is 249 g/mol. The first-order valence-electron chi connectivity index (χ1n) is 6.71. The Morgan fingerprint density at radius 2 is 1.56 bits per heavy atom. The molecule has 1 aromatic rings. The largest absolute Gasteiger partial charge is 0.492 e. The minimum atomic E-state index is 0.761. The van der Waals surface area contributed by atoms with Crippen molar-refractivity contribution in [1.29, 1.82) is 0 Å². The molecule has 0 saturated carbocycles. The molecular weight excluding hydrogens is 226 g/mol. The first-order chi connectivity index (χ1) is 8.88. The van der Waals surface area contributed by atoms with Gasteiger partial charge in [0.2, 0.25) is 0 Å². The number of hydrogen-bond acceptors (Lipinski definition) is 4. The Bertz CT molecular complexity index is 323. The number of para-hydroxylation sites is 1. The van der Waals surface area contributed by atoms with Gasteiger partial charge in [-0.05, 0) is 12.1 Å². The Balaban J connectivity index is 1.61. The van der Waals surface area contributed by atoms with Crippen LogP contribution in [0.15, 0.2) is 30.3 Å². The molecule has 4 heteroatoms. The van der Waals surface area contributed by atoms with Crippen LogP contribution in [-0.4, -0.2) is 62.2 Å². The van der Waals surface area contributed by atoms with Gasteiger partial charge in [0.15, 0.2) is 0 Å². The molecule has 1 saturated heterocycles. The summed E-state index contributed by atoms with van der Waals surface area (Å²) in [5.74, 6) is 0.958. The van der Waals surface area contributed by atoms with Crippen LogP contribution in [0, 0.1) is 0 Å². The summed E-state index contributed by atoms with van der Waals surface area (Å²) >= 11 is 0. The van der Waals surface area contributed by atoms with Crippen LogP contribution >= 0.6 is 0 Å². The molecule has 1 aromatic carbocycles. The molecule has 1 fully saturated rings. The third-order valence-corrected chi connectivity index (χ3v) is 3.33. The molecule has 0 bridgehead atoms. The van der Waals surface area contributed by atoms with E-state index >= 15 is 0 Å². The fourth-order valence-corrected chi connectivity index (χ4v) is 2.23. The zero-order valence-corrected chi connectivity index (χ0v) is 10.9. The van der Waals surface area contributed by atoms with Gasteiger partial charge < -0.3 is 10.5 Å². The summed E-state index contributed by atoms with van der Waals surface area (Å²) in [6, 6.07) is 10.0. The molecule has 4 nitrogen and oxygen atoms in total. The van der Waals surface area contributed by atoms with Crippen LogP contribution in [0.5, 0.6) is 5.75 Å². The van der Waals surface area contributed by atoms with Crippen molar-refractivity contribution in [2.75, 3.05) is 52.4 Å². The van der Waals surface area contributed by atoms with Gasteiger partial charge in [0, 0.05) is 45.8 Å². The maximum absolute atomic E-state index is 5.71. The number of benzene rings is 1. The lowest BCUT2D eigenvalue weighted by Gasteiger charge is -2.34. The van der Waals surface area contributed by atoms with Crippen molar-refractivity contribution < 1.29 is 4.74 Å². The molecule has 0 unspecified atom stereocenters. The van der Waals surface area contributed by atoms with Gasteiger partial charge in [-0.15, -0.1) is 0 Å². The van der Waals surface area contributed by atoms with Crippen molar-refractivity contribution in [3.8, 4) is 5.75 Å². The van der Waals surface area contributed by atoms with E-state index in [0.29, 0.717) is 0 Å². The van der Waals surface area contributed by atoms with Crippen LogP contribution in [0.1, 0.15) is 0 Å². The summed E-state index contributed by atoms with van der Waals surface area (Å²) in [5, 5.41) is 0. The van der Waals surface area contributed by atoms with E-state index in [0.717, 1.165) is 58.2 Å². The average Bonchev–Trinajstić information content (AvgIpc) is 2.42. The van der Waals surface area contributed by atoms with E-state index in [1.807, 2.05) is 30.3 Å². The molecule has 0 aliphatic carbocycles. The number of piperazine rings is 1. The summed E-state index contributed by atoms with van der Waals surface area (Å²) < 4.78 is 5.71. The predicted molar refractivity (Wildman–Crippen MR) is 73.9 cm³/mol. The van der Waals surface area contributed by atoms with Crippen LogP contribution in [-0.2, 0) is 0 Å². The molecule has 2 N–H and O–H groups in total. The zero-order valence-electron chi connectivity index (χ0n) is 10.9. The summed E-state index contributed by atoms with van der Waals surface area (Å²) in [6.45, 7) is 8.05. The molecule has 100 valence electrons. The third kappa shape index (κ3) is 4.29. The number of rotatable bonds is 6. The van der Waals surface area contributed by atoms with Gasteiger partial charge >= 0.3 is 0 Å². The van der Waals surface area contributed by atoms with Gasteiger partial charge in [-0.3, -0.25) is 9.80 Å². The summed E-state index contributed by atoms with van der Waals surface area (Å²) in [6.07, 6.45) is 0. The van der Waals surface area contributed by atoms with Crippen LogP contribution < -0.4 is 10.5 Å². The number of nitrogens with zero attached hydrogens (tertiary/aromatic N) is 2. The molecule has 0 aromatic heterocycles. The number of ether oxygens (including phenoxy) is 1. The van der Waals surface area contributed by atoms with Crippen LogP contribution in [0.3, 0.4) is 0 Å². The third-order valence-electron chi connectivity index (χ3n) is 3.33. The van der Waals surface area contributed by atoms with E-state index in [1.54, 1.807) is 0 Å². The highest BCUT2D eigenvalue weighted by molar-refractivity contribution is 5.20. The molecule has 1 aliphatic heterocycles. The standard InChI is InChI=1S/C14H23N3O/c15-6-7-16-8-10-17(11-9-16)12-13-18-14-4-2-1-3-5-14/h1-5H,6-13,15H2. The highest BCUT2D eigenvalue weighted by Crippen LogP contribution is 2.08. The van der Waals surface area contributed by atoms with Gasteiger partial charge in [-0.25, -0.2) is 0 Å².